The Balaban J connectivity index is 1.70. The standard InChI is InChI=1S/C22H14F2N2O2/c23-22(24)28-21-16-6-2-1-5-14(16)9-11-17(21)20(27)12-10-15-13-25-18-7-3-4-8-19(18)26-15/h1-13,22H/b12-10+. The number of rotatable bonds is 5. The lowest BCUT2D eigenvalue weighted by Crippen LogP contribution is -2.07. The Bertz CT molecular complexity index is 1210. The van der Waals surface area contributed by atoms with Crippen molar-refractivity contribution in [1.82, 2.24) is 9.97 Å². The Labute approximate surface area is 159 Å². The van der Waals surface area contributed by atoms with E-state index < -0.39 is 12.4 Å². The number of aromatic nitrogens is 2. The number of carbonyl (C=O) groups is 1. The van der Waals surface area contributed by atoms with Crippen molar-refractivity contribution in [2.45, 2.75) is 6.61 Å². The minimum Gasteiger partial charge on any atom is -0.433 e. The molecule has 0 radical (unpaired) electrons. The van der Waals surface area contributed by atoms with Crippen LogP contribution in [0.4, 0.5) is 8.78 Å². The van der Waals surface area contributed by atoms with Gasteiger partial charge in [0.05, 0.1) is 28.5 Å². The summed E-state index contributed by atoms with van der Waals surface area (Å²) < 4.78 is 30.5. The van der Waals surface area contributed by atoms with E-state index in [4.69, 9.17) is 0 Å². The number of benzene rings is 3. The molecule has 0 saturated heterocycles. The number of fused-ring (bicyclic) bond motifs is 2. The first kappa shape index (κ1) is 17.7. The monoisotopic (exact) mass is 376 g/mol. The number of nitrogens with zero attached hydrogens (tertiary/aromatic N) is 2. The fourth-order valence-corrected chi connectivity index (χ4v) is 2.96. The van der Waals surface area contributed by atoms with E-state index in [9.17, 15) is 13.6 Å². The summed E-state index contributed by atoms with van der Waals surface area (Å²) in [5, 5.41) is 1.16. The molecule has 1 aromatic heterocycles. The van der Waals surface area contributed by atoms with Crippen LogP contribution in [0.25, 0.3) is 27.9 Å². The van der Waals surface area contributed by atoms with E-state index >= 15 is 0 Å². The molecule has 3 aromatic carbocycles. The number of allylic oxidation sites excluding steroid dienone is 1. The molecule has 0 atom stereocenters. The molecule has 28 heavy (non-hydrogen) atoms. The Morgan fingerprint density at radius 2 is 1.71 bits per heavy atom. The zero-order valence-corrected chi connectivity index (χ0v) is 14.5. The minimum atomic E-state index is -3.03. The molecule has 0 aliphatic heterocycles. The SMILES string of the molecule is O=C(/C=C/c1cnc2ccccc2n1)c1ccc2ccccc2c1OC(F)F. The number of halogens is 2. The highest BCUT2D eigenvalue weighted by molar-refractivity contribution is 6.12. The molecule has 0 saturated carbocycles. The molecule has 0 fully saturated rings. The van der Waals surface area contributed by atoms with Crippen LogP contribution in [0.15, 0.2) is 72.9 Å². The third-order valence-electron chi connectivity index (χ3n) is 4.22. The first-order valence-electron chi connectivity index (χ1n) is 8.52. The van der Waals surface area contributed by atoms with Crippen LogP contribution in [-0.2, 0) is 0 Å². The van der Waals surface area contributed by atoms with Gasteiger partial charge in [-0.15, -0.1) is 0 Å². The summed E-state index contributed by atoms with van der Waals surface area (Å²) in [6.45, 7) is -3.03. The van der Waals surface area contributed by atoms with Gasteiger partial charge in [-0.3, -0.25) is 9.78 Å². The maximum absolute atomic E-state index is 12.9. The molecule has 6 heteroatoms. The second kappa shape index (κ2) is 7.52. The van der Waals surface area contributed by atoms with Crippen molar-refractivity contribution in [2.24, 2.45) is 0 Å². The maximum Gasteiger partial charge on any atom is 0.387 e. The molecule has 0 aliphatic carbocycles. The van der Waals surface area contributed by atoms with E-state index in [0.717, 1.165) is 5.52 Å². The summed E-state index contributed by atoms with van der Waals surface area (Å²) in [5.74, 6) is -0.594. The number of hydrogen-bond donors (Lipinski definition) is 0. The summed E-state index contributed by atoms with van der Waals surface area (Å²) in [5.41, 5.74) is 1.99. The summed E-state index contributed by atoms with van der Waals surface area (Å²) >= 11 is 0. The Morgan fingerprint density at radius 1 is 0.964 bits per heavy atom. The smallest absolute Gasteiger partial charge is 0.387 e. The van der Waals surface area contributed by atoms with Crippen LogP contribution in [0.3, 0.4) is 0 Å². The maximum atomic E-state index is 12.9. The molecule has 4 rings (SSSR count). The summed E-state index contributed by atoms with van der Waals surface area (Å²) in [6, 6.07) is 17.4. The molecule has 0 N–H and O–H groups in total. The third-order valence-corrected chi connectivity index (χ3v) is 4.22. The normalized spacial score (nSPS) is 11.5. The van der Waals surface area contributed by atoms with Gasteiger partial charge < -0.3 is 4.74 Å². The van der Waals surface area contributed by atoms with Crippen LogP contribution in [-0.4, -0.2) is 22.4 Å². The van der Waals surface area contributed by atoms with Crippen molar-refractivity contribution < 1.29 is 18.3 Å². The lowest BCUT2D eigenvalue weighted by atomic mass is 10.0. The first-order chi connectivity index (χ1) is 13.6. The Kier molecular flexibility index (Phi) is 4.76. The van der Waals surface area contributed by atoms with Crippen LogP contribution in [0.1, 0.15) is 16.1 Å². The average molecular weight is 376 g/mol. The van der Waals surface area contributed by atoms with Crippen molar-refractivity contribution in [3.63, 3.8) is 0 Å². The van der Waals surface area contributed by atoms with Gasteiger partial charge in [-0.05, 0) is 35.7 Å². The van der Waals surface area contributed by atoms with Gasteiger partial charge in [0.2, 0.25) is 0 Å². The lowest BCUT2D eigenvalue weighted by Gasteiger charge is -2.12. The highest BCUT2D eigenvalue weighted by Gasteiger charge is 2.17. The number of para-hydroxylation sites is 2. The number of carbonyl (C=O) groups excluding carboxylic acids is 1. The first-order valence-corrected chi connectivity index (χ1v) is 8.52. The molecule has 0 amide bonds. The zero-order valence-electron chi connectivity index (χ0n) is 14.5. The van der Waals surface area contributed by atoms with Crippen molar-refractivity contribution in [3.05, 3.63) is 84.2 Å². The second-order valence-electron chi connectivity index (χ2n) is 6.02. The minimum absolute atomic E-state index is 0.0593. The second-order valence-corrected chi connectivity index (χ2v) is 6.02. The predicted octanol–water partition coefficient (Wildman–Crippen LogP) is 5.28. The van der Waals surface area contributed by atoms with Gasteiger partial charge in [0, 0.05) is 5.39 Å². The molecule has 4 nitrogen and oxygen atoms in total. The molecule has 4 aromatic rings. The van der Waals surface area contributed by atoms with Gasteiger partial charge in [-0.25, -0.2) is 4.98 Å². The topological polar surface area (TPSA) is 52.1 Å². The number of hydrogen-bond acceptors (Lipinski definition) is 4. The van der Waals surface area contributed by atoms with Gasteiger partial charge in [-0.2, -0.15) is 8.78 Å². The van der Waals surface area contributed by atoms with Gasteiger partial charge in [0.25, 0.3) is 0 Å². The van der Waals surface area contributed by atoms with Crippen molar-refractivity contribution >= 4 is 33.7 Å². The van der Waals surface area contributed by atoms with Gasteiger partial charge in [0.1, 0.15) is 5.75 Å². The van der Waals surface area contributed by atoms with Crippen molar-refractivity contribution in [1.29, 1.82) is 0 Å². The molecule has 0 aliphatic rings. The van der Waals surface area contributed by atoms with E-state index in [2.05, 4.69) is 14.7 Å². The molecule has 0 unspecified atom stereocenters. The van der Waals surface area contributed by atoms with Gasteiger partial charge in [0.15, 0.2) is 5.78 Å². The lowest BCUT2D eigenvalue weighted by molar-refractivity contribution is -0.0490. The fourth-order valence-electron chi connectivity index (χ4n) is 2.96. The summed E-state index contributed by atoms with van der Waals surface area (Å²) in [4.78, 5) is 21.4. The number of ketones is 1. The molecular weight excluding hydrogens is 362 g/mol. The quantitative estimate of drug-likeness (QED) is 0.351. The van der Waals surface area contributed by atoms with Crippen LogP contribution in [0, 0.1) is 0 Å². The van der Waals surface area contributed by atoms with Crippen LogP contribution < -0.4 is 4.74 Å². The largest absolute Gasteiger partial charge is 0.433 e. The van der Waals surface area contributed by atoms with Crippen LogP contribution >= 0.6 is 0 Å². The van der Waals surface area contributed by atoms with Gasteiger partial charge >= 0.3 is 6.61 Å². The van der Waals surface area contributed by atoms with Crippen LogP contribution in [0.2, 0.25) is 0 Å². The average Bonchev–Trinajstić information content (AvgIpc) is 2.71. The Morgan fingerprint density at radius 3 is 2.54 bits per heavy atom. The molecule has 138 valence electrons. The highest BCUT2D eigenvalue weighted by atomic mass is 19.3. The van der Waals surface area contributed by atoms with Crippen molar-refractivity contribution in [3.8, 4) is 5.75 Å². The fraction of sp³-hybridized carbons (Fsp3) is 0.0455. The van der Waals surface area contributed by atoms with Crippen LogP contribution in [0.5, 0.6) is 5.75 Å². The highest BCUT2D eigenvalue weighted by Crippen LogP contribution is 2.32. The van der Waals surface area contributed by atoms with E-state index in [1.807, 2.05) is 24.3 Å². The van der Waals surface area contributed by atoms with Gasteiger partial charge in [-0.1, -0.05) is 42.5 Å². The summed E-state index contributed by atoms with van der Waals surface area (Å²) in [6.07, 6.45) is 4.33. The van der Waals surface area contributed by atoms with E-state index in [1.165, 1.54) is 18.2 Å². The number of ether oxygens (including phenoxy) is 1. The molecular formula is C22H14F2N2O2. The Hall–Kier alpha value is -3.67. The van der Waals surface area contributed by atoms with Crippen molar-refractivity contribution in [2.75, 3.05) is 0 Å². The molecule has 0 spiro atoms. The van der Waals surface area contributed by atoms with E-state index in [0.29, 0.717) is 22.0 Å². The molecule has 1 heterocycles. The predicted molar refractivity (Wildman–Crippen MR) is 103 cm³/mol. The molecule has 0 bridgehead atoms. The summed E-state index contributed by atoms with van der Waals surface area (Å²) in [7, 11) is 0. The third kappa shape index (κ3) is 3.57. The van der Waals surface area contributed by atoms with E-state index in [1.54, 1.807) is 36.5 Å². The van der Waals surface area contributed by atoms with E-state index in [-0.39, 0.29) is 11.3 Å². The number of alkyl halides is 2. The zero-order chi connectivity index (χ0) is 19.5.